The van der Waals surface area contributed by atoms with Crippen molar-refractivity contribution in [2.45, 2.75) is 32.2 Å². The first-order valence-corrected chi connectivity index (χ1v) is 8.71. The van der Waals surface area contributed by atoms with Gasteiger partial charge in [-0.2, -0.15) is 0 Å². The lowest BCUT2D eigenvalue weighted by molar-refractivity contribution is -0.127. The molecule has 0 aliphatic carbocycles. The molecule has 118 valence electrons. The summed E-state index contributed by atoms with van der Waals surface area (Å²) in [4.78, 5) is 15.1. The molecule has 0 saturated carbocycles. The van der Waals surface area contributed by atoms with E-state index in [0.717, 1.165) is 26.4 Å². The van der Waals surface area contributed by atoms with Gasteiger partial charge in [-0.1, -0.05) is 21.1 Å². The highest BCUT2D eigenvalue weighted by Gasteiger charge is 2.15. The van der Waals surface area contributed by atoms with Crippen molar-refractivity contribution in [2.75, 3.05) is 12.8 Å². The lowest BCUT2D eigenvalue weighted by Crippen LogP contribution is -2.28. The Kier molecular flexibility index (Phi) is 5.69. The Balaban J connectivity index is 1.94. The van der Waals surface area contributed by atoms with Crippen molar-refractivity contribution in [3.8, 4) is 0 Å². The van der Waals surface area contributed by atoms with Gasteiger partial charge in [-0.05, 0) is 44.5 Å². The van der Waals surface area contributed by atoms with Crippen molar-refractivity contribution >= 4 is 33.6 Å². The van der Waals surface area contributed by atoms with E-state index in [1.807, 2.05) is 40.0 Å². The Labute approximate surface area is 143 Å². The van der Waals surface area contributed by atoms with E-state index >= 15 is 0 Å². The van der Waals surface area contributed by atoms with Gasteiger partial charge in [-0.3, -0.25) is 4.79 Å². The van der Waals surface area contributed by atoms with Gasteiger partial charge in [0.15, 0.2) is 0 Å². The van der Waals surface area contributed by atoms with Crippen LogP contribution in [0.1, 0.15) is 22.6 Å². The SMILES string of the molecule is Cc1cc(Br)ccc1SCC(=O)N(C)Cc1c(C)noc1C. The topological polar surface area (TPSA) is 46.3 Å². The quantitative estimate of drug-likeness (QED) is 0.729. The largest absolute Gasteiger partial charge is 0.361 e. The van der Waals surface area contributed by atoms with Crippen molar-refractivity contribution in [3.63, 3.8) is 0 Å². The molecule has 0 radical (unpaired) electrons. The fourth-order valence-electron chi connectivity index (χ4n) is 2.08. The molecule has 0 atom stereocenters. The van der Waals surface area contributed by atoms with Crippen molar-refractivity contribution in [2.24, 2.45) is 0 Å². The predicted octanol–water partition coefficient (Wildman–Crippen LogP) is 4.11. The summed E-state index contributed by atoms with van der Waals surface area (Å²) in [5.74, 6) is 1.28. The van der Waals surface area contributed by atoms with Gasteiger partial charge in [0.2, 0.25) is 5.91 Å². The van der Waals surface area contributed by atoms with Crippen LogP contribution in [-0.2, 0) is 11.3 Å². The lowest BCUT2D eigenvalue weighted by atomic mass is 10.2. The molecule has 0 saturated heterocycles. The molecule has 0 unspecified atom stereocenters. The molecule has 0 spiro atoms. The van der Waals surface area contributed by atoms with Gasteiger partial charge in [0.1, 0.15) is 5.76 Å². The number of carbonyl (C=O) groups is 1. The Morgan fingerprint density at radius 2 is 2.09 bits per heavy atom. The minimum Gasteiger partial charge on any atom is -0.361 e. The molecular weight excluding hydrogens is 364 g/mol. The zero-order valence-corrected chi connectivity index (χ0v) is 15.5. The summed E-state index contributed by atoms with van der Waals surface area (Å²) < 4.78 is 6.19. The molecule has 6 heteroatoms. The number of benzene rings is 1. The van der Waals surface area contributed by atoms with E-state index in [9.17, 15) is 4.79 Å². The van der Waals surface area contributed by atoms with Crippen molar-refractivity contribution in [3.05, 3.63) is 45.3 Å². The highest BCUT2D eigenvalue weighted by atomic mass is 79.9. The van der Waals surface area contributed by atoms with Crippen LogP contribution >= 0.6 is 27.7 Å². The Hall–Kier alpha value is -1.27. The van der Waals surface area contributed by atoms with Crippen molar-refractivity contribution in [1.29, 1.82) is 0 Å². The van der Waals surface area contributed by atoms with Crippen LogP contribution in [0.2, 0.25) is 0 Å². The summed E-state index contributed by atoms with van der Waals surface area (Å²) in [6.45, 7) is 6.34. The van der Waals surface area contributed by atoms with Crippen LogP contribution in [0.3, 0.4) is 0 Å². The second-order valence-corrected chi connectivity index (χ2v) is 7.18. The first kappa shape index (κ1) is 17.1. The summed E-state index contributed by atoms with van der Waals surface area (Å²) in [5.41, 5.74) is 3.00. The zero-order valence-electron chi connectivity index (χ0n) is 13.1. The van der Waals surface area contributed by atoms with Gasteiger partial charge in [0.25, 0.3) is 0 Å². The van der Waals surface area contributed by atoms with Crippen LogP contribution in [0.25, 0.3) is 0 Å². The summed E-state index contributed by atoms with van der Waals surface area (Å²) in [6.07, 6.45) is 0. The van der Waals surface area contributed by atoms with Gasteiger partial charge >= 0.3 is 0 Å². The number of aryl methyl sites for hydroxylation is 3. The Morgan fingerprint density at radius 3 is 2.68 bits per heavy atom. The molecule has 1 heterocycles. The van der Waals surface area contributed by atoms with E-state index in [1.165, 1.54) is 5.56 Å². The average Bonchev–Trinajstić information content (AvgIpc) is 2.77. The van der Waals surface area contributed by atoms with Crippen molar-refractivity contribution in [1.82, 2.24) is 10.1 Å². The van der Waals surface area contributed by atoms with E-state index < -0.39 is 0 Å². The first-order valence-electron chi connectivity index (χ1n) is 6.93. The molecule has 2 rings (SSSR count). The third-order valence-corrected chi connectivity index (χ3v) is 5.14. The third kappa shape index (κ3) is 4.14. The van der Waals surface area contributed by atoms with Gasteiger partial charge in [0, 0.05) is 22.0 Å². The summed E-state index contributed by atoms with van der Waals surface area (Å²) in [7, 11) is 1.81. The number of hydrogen-bond donors (Lipinski definition) is 0. The smallest absolute Gasteiger partial charge is 0.232 e. The molecule has 0 N–H and O–H groups in total. The van der Waals surface area contributed by atoms with Crippen LogP contribution in [0.4, 0.5) is 0 Å². The molecule has 1 amide bonds. The molecule has 0 aliphatic heterocycles. The van der Waals surface area contributed by atoms with Crippen LogP contribution in [0.15, 0.2) is 32.1 Å². The third-order valence-electron chi connectivity index (χ3n) is 3.49. The number of aromatic nitrogens is 1. The number of rotatable bonds is 5. The molecule has 22 heavy (non-hydrogen) atoms. The van der Waals surface area contributed by atoms with E-state index in [2.05, 4.69) is 27.2 Å². The highest BCUT2D eigenvalue weighted by Crippen LogP contribution is 2.25. The summed E-state index contributed by atoms with van der Waals surface area (Å²) in [5, 5.41) is 3.92. The van der Waals surface area contributed by atoms with Gasteiger partial charge in [0.05, 0.1) is 18.0 Å². The zero-order chi connectivity index (χ0) is 16.3. The van der Waals surface area contributed by atoms with E-state index in [1.54, 1.807) is 16.7 Å². The van der Waals surface area contributed by atoms with Gasteiger partial charge < -0.3 is 9.42 Å². The van der Waals surface area contributed by atoms with E-state index in [4.69, 9.17) is 4.52 Å². The van der Waals surface area contributed by atoms with E-state index in [-0.39, 0.29) is 5.91 Å². The lowest BCUT2D eigenvalue weighted by Gasteiger charge is -2.17. The van der Waals surface area contributed by atoms with Crippen molar-refractivity contribution < 1.29 is 9.32 Å². The molecule has 0 bridgehead atoms. The number of nitrogens with zero attached hydrogens (tertiary/aromatic N) is 2. The molecule has 1 aromatic heterocycles. The monoisotopic (exact) mass is 382 g/mol. The fourth-order valence-corrected chi connectivity index (χ4v) is 3.50. The number of amides is 1. The van der Waals surface area contributed by atoms with Crippen LogP contribution in [-0.4, -0.2) is 28.8 Å². The number of carbonyl (C=O) groups excluding carboxylic acids is 1. The minimum atomic E-state index is 0.0901. The normalized spacial score (nSPS) is 10.8. The number of hydrogen-bond acceptors (Lipinski definition) is 4. The highest BCUT2D eigenvalue weighted by molar-refractivity contribution is 9.10. The second-order valence-electron chi connectivity index (χ2n) is 5.25. The number of halogens is 1. The van der Waals surface area contributed by atoms with Gasteiger partial charge in [-0.15, -0.1) is 11.8 Å². The number of thioether (sulfide) groups is 1. The Bertz CT molecular complexity index is 665. The minimum absolute atomic E-state index is 0.0901. The maximum absolute atomic E-state index is 12.3. The average molecular weight is 383 g/mol. The maximum atomic E-state index is 12.3. The molecule has 4 nitrogen and oxygen atoms in total. The fraction of sp³-hybridized carbons (Fsp3) is 0.375. The van der Waals surface area contributed by atoms with Crippen LogP contribution < -0.4 is 0 Å². The standard InChI is InChI=1S/C16H19BrN2O2S/c1-10-7-13(17)5-6-15(10)22-9-16(20)19(4)8-14-11(2)18-21-12(14)3/h5-7H,8-9H2,1-4H3. The second kappa shape index (κ2) is 7.33. The van der Waals surface area contributed by atoms with Crippen LogP contribution in [0.5, 0.6) is 0 Å². The molecule has 0 aliphatic rings. The molecule has 1 aromatic carbocycles. The van der Waals surface area contributed by atoms with E-state index in [0.29, 0.717) is 12.3 Å². The molecular formula is C16H19BrN2O2S. The first-order chi connectivity index (χ1) is 10.4. The summed E-state index contributed by atoms with van der Waals surface area (Å²) >= 11 is 5.01. The predicted molar refractivity (Wildman–Crippen MR) is 92.1 cm³/mol. The Morgan fingerprint density at radius 1 is 1.36 bits per heavy atom. The molecule has 0 fully saturated rings. The molecule has 2 aromatic rings. The van der Waals surface area contributed by atoms with Crippen LogP contribution in [0, 0.1) is 20.8 Å². The maximum Gasteiger partial charge on any atom is 0.232 e. The van der Waals surface area contributed by atoms with Gasteiger partial charge in [-0.25, -0.2) is 0 Å². The summed E-state index contributed by atoms with van der Waals surface area (Å²) in [6, 6.07) is 6.08.